The number of rotatable bonds is 7. The van der Waals surface area contributed by atoms with Gasteiger partial charge in [0, 0.05) is 18.7 Å². The van der Waals surface area contributed by atoms with E-state index in [0.717, 1.165) is 30.0 Å². The second-order valence-corrected chi connectivity index (χ2v) is 10.3. The van der Waals surface area contributed by atoms with Crippen molar-refractivity contribution >= 4 is 5.78 Å². The first-order valence-corrected chi connectivity index (χ1v) is 12.4. The highest BCUT2D eigenvalue weighted by Gasteiger charge is 2.54. The molecule has 0 radical (unpaired) electrons. The third-order valence-electron chi connectivity index (χ3n) is 6.94. The van der Waals surface area contributed by atoms with Gasteiger partial charge in [0.05, 0.1) is 18.2 Å². The quantitative estimate of drug-likeness (QED) is 0.565. The molecule has 5 nitrogen and oxygen atoms in total. The normalized spacial score (nSPS) is 22.6. The Morgan fingerprint density at radius 2 is 1.77 bits per heavy atom. The topological polar surface area (TPSA) is 50.8 Å². The van der Waals surface area contributed by atoms with Gasteiger partial charge < -0.3 is 14.8 Å². The monoisotopic (exact) mass is 486 g/mol. The van der Waals surface area contributed by atoms with Gasteiger partial charge in [-0.3, -0.25) is 9.69 Å². The number of benzene rings is 2. The maximum absolute atomic E-state index is 14.4. The highest BCUT2D eigenvalue weighted by Crippen LogP contribution is 2.43. The van der Waals surface area contributed by atoms with Crippen LogP contribution < -0.4 is 10.1 Å². The molecule has 2 saturated heterocycles. The summed E-state index contributed by atoms with van der Waals surface area (Å²) in [6.07, 6.45) is -1.16. The molecule has 4 rings (SSSR count). The second kappa shape index (κ2) is 10.3. The largest absolute Gasteiger partial charge is 0.491 e. The lowest BCUT2D eigenvalue weighted by molar-refractivity contribution is -0.208. The number of carbonyl (C=O) groups excluding carboxylic acids is 1. The third-order valence-corrected chi connectivity index (χ3v) is 6.94. The molecule has 2 heterocycles. The summed E-state index contributed by atoms with van der Waals surface area (Å²) >= 11 is 0. The van der Waals surface area contributed by atoms with Gasteiger partial charge in [0.2, 0.25) is 5.78 Å². The molecule has 7 heteroatoms. The number of nitrogens with one attached hydrogen (secondary N) is 1. The summed E-state index contributed by atoms with van der Waals surface area (Å²) in [6.45, 7) is 9.33. The second-order valence-electron chi connectivity index (χ2n) is 10.3. The molecule has 0 aliphatic carbocycles. The molecule has 1 unspecified atom stereocenters. The SMILES string of the molecule is Cc1ccc(C2(C(=O)c3ccc(OC(C)C)c(C)c3)CN(CC(F)F)CC3(CCNCC3)O2)cc1. The number of ether oxygens (including phenoxy) is 2. The van der Waals surface area contributed by atoms with Gasteiger partial charge in [0.15, 0.2) is 5.60 Å². The van der Waals surface area contributed by atoms with E-state index in [1.54, 1.807) is 11.0 Å². The summed E-state index contributed by atoms with van der Waals surface area (Å²) in [4.78, 5) is 16.1. The lowest BCUT2D eigenvalue weighted by atomic mass is 9.79. The molecular formula is C28H36F2N2O3. The Kier molecular flexibility index (Phi) is 7.60. The molecule has 0 saturated carbocycles. The number of piperidine rings is 1. The molecule has 1 N–H and O–H groups in total. The molecule has 1 spiro atoms. The predicted molar refractivity (Wildman–Crippen MR) is 132 cm³/mol. The van der Waals surface area contributed by atoms with E-state index in [1.165, 1.54) is 0 Å². The first kappa shape index (κ1) is 25.7. The molecule has 35 heavy (non-hydrogen) atoms. The van der Waals surface area contributed by atoms with E-state index in [0.29, 0.717) is 30.5 Å². The summed E-state index contributed by atoms with van der Waals surface area (Å²) in [6, 6.07) is 13.1. The summed E-state index contributed by atoms with van der Waals surface area (Å²) in [5.41, 5.74) is 1.03. The standard InChI is InChI=1S/C28H36F2N2O3/c1-19(2)34-24-10-7-22(15-21(24)4)26(33)28(23-8-5-20(3)6-9-23)18-32(16-25(29)30)17-27(35-28)11-13-31-14-12-27/h5-10,15,19,25,31H,11-14,16-18H2,1-4H3. The smallest absolute Gasteiger partial charge is 0.251 e. The summed E-state index contributed by atoms with van der Waals surface area (Å²) in [7, 11) is 0. The molecular weight excluding hydrogens is 450 g/mol. The fraction of sp³-hybridized carbons (Fsp3) is 0.536. The number of morpholine rings is 1. The van der Waals surface area contributed by atoms with Crippen molar-refractivity contribution in [2.75, 3.05) is 32.7 Å². The number of halogens is 2. The zero-order valence-electron chi connectivity index (χ0n) is 21.1. The molecule has 2 fully saturated rings. The van der Waals surface area contributed by atoms with Crippen molar-refractivity contribution in [1.29, 1.82) is 0 Å². The maximum atomic E-state index is 14.4. The lowest BCUT2D eigenvalue weighted by Crippen LogP contribution is -2.65. The van der Waals surface area contributed by atoms with Gasteiger partial charge in [0.25, 0.3) is 6.43 Å². The van der Waals surface area contributed by atoms with Crippen LogP contribution in [0.4, 0.5) is 8.78 Å². The van der Waals surface area contributed by atoms with Crippen LogP contribution in [0.5, 0.6) is 5.75 Å². The third kappa shape index (κ3) is 5.57. The minimum absolute atomic E-state index is 0.0125. The number of hydrogen-bond donors (Lipinski definition) is 1. The highest BCUT2D eigenvalue weighted by atomic mass is 19.3. The van der Waals surface area contributed by atoms with E-state index in [2.05, 4.69) is 5.32 Å². The van der Waals surface area contributed by atoms with Crippen LogP contribution in [0.2, 0.25) is 0 Å². The van der Waals surface area contributed by atoms with Crippen LogP contribution in [0.15, 0.2) is 42.5 Å². The van der Waals surface area contributed by atoms with Crippen molar-refractivity contribution in [1.82, 2.24) is 10.2 Å². The molecule has 190 valence electrons. The Balaban J connectivity index is 1.81. The van der Waals surface area contributed by atoms with Gasteiger partial charge in [-0.15, -0.1) is 0 Å². The molecule has 2 aromatic rings. The van der Waals surface area contributed by atoms with Gasteiger partial charge in [-0.1, -0.05) is 29.8 Å². The van der Waals surface area contributed by atoms with Crippen molar-refractivity contribution < 1.29 is 23.0 Å². The molecule has 0 amide bonds. The zero-order chi connectivity index (χ0) is 25.2. The summed E-state index contributed by atoms with van der Waals surface area (Å²) in [5, 5.41) is 3.33. The average Bonchev–Trinajstić information content (AvgIpc) is 2.79. The Bertz CT molecular complexity index is 1030. The van der Waals surface area contributed by atoms with Crippen molar-refractivity contribution in [3.63, 3.8) is 0 Å². The van der Waals surface area contributed by atoms with Crippen LogP contribution in [0.3, 0.4) is 0 Å². The van der Waals surface area contributed by atoms with Crippen LogP contribution in [-0.4, -0.2) is 61.5 Å². The fourth-order valence-electron chi connectivity index (χ4n) is 5.31. The maximum Gasteiger partial charge on any atom is 0.251 e. The molecule has 0 bridgehead atoms. The van der Waals surface area contributed by atoms with Gasteiger partial charge in [-0.05, 0) is 83.0 Å². The van der Waals surface area contributed by atoms with Crippen LogP contribution in [0.1, 0.15) is 53.7 Å². The number of aryl methyl sites for hydroxylation is 2. The van der Waals surface area contributed by atoms with E-state index in [1.807, 2.05) is 64.1 Å². The van der Waals surface area contributed by atoms with Gasteiger partial charge in [0.1, 0.15) is 5.75 Å². The van der Waals surface area contributed by atoms with Crippen molar-refractivity contribution in [3.05, 3.63) is 64.7 Å². The summed E-state index contributed by atoms with van der Waals surface area (Å²) < 4.78 is 40.0. The van der Waals surface area contributed by atoms with E-state index in [9.17, 15) is 13.6 Å². The Hall–Kier alpha value is -2.35. The Labute approximate surface area is 206 Å². The Morgan fingerprint density at radius 1 is 1.09 bits per heavy atom. The first-order valence-electron chi connectivity index (χ1n) is 12.4. The number of carbonyl (C=O) groups is 1. The number of alkyl halides is 2. The molecule has 1 atom stereocenters. The number of hydrogen-bond acceptors (Lipinski definition) is 5. The van der Waals surface area contributed by atoms with Crippen LogP contribution in [0.25, 0.3) is 0 Å². The molecule has 2 aromatic carbocycles. The number of nitrogens with zero attached hydrogens (tertiary/aromatic N) is 1. The van der Waals surface area contributed by atoms with Crippen molar-refractivity contribution in [2.24, 2.45) is 0 Å². The van der Waals surface area contributed by atoms with E-state index >= 15 is 0 Å². The average molecular weight is 487 g/mol. The Morgan fingerprint density at radius 3 is 2.37 bits per heavy atom. The van der Waals surface area contributed by atoms with Crippen molar-refractivity contribution in [2.45, 2.75) is 64.3 Å². The van der Waals surface area contributed by atoms with E-state index in [4.69, 9.17) is 9.47 Å². The van der Waals surface area contributed by atoms with Gasteiger partial charge in [-0.2, -0.15) is 0 Å². The van der Waals surface area contributed by atoms with Crippen LogP contribution in [0, 0.1) is 13.8 Å². The minimum atomic E-state index is -2.49. The van der Waals surface area contributed by atoms with Crippen LogP contribution >= 0.6 is 0 Å². The summed E-state index contributed by atoms with van der Waals surface area (Å²) in [5.74, 6) is 0.511. The van der Waals surface area contributed by atoms with Gasteiger partial charge >= 0.3 is 0 Å². The minimum Gasteiger partial charge on any atom is -0.491 e. The molecule has 0 aromatic heterocycles. The van der Waals surface area contributed by atoms with Gasteiger partial charge in [-0.25, -0.2) is 8.78 Å². The molecule has 2 aliphatic heterocycles. The zero-order valence-corrected chi connectivity index (χ0v) is 21.1. The highest BCUT2D eigenvalue weighted by molar-refractivity contribution is 6.03. The molecule has 2 aliphatic rings. The van der Waals surface area contributed by atoms with Crippen LogP contribution in [-0.2, 0) is 10.3 Å². The predicted octanol–water partition coefficient (Wildman–Crippen LogP) is 4.89. The van der Waals surface area contributed by atoms with E-state index < -0.39 is 17.6 Å². The lowest BCUT2D eigenvalue weighted by Gasteiger charge is -2.53. The first-order chi connectivity index (χ1) is 16.6. The van der Waals surface area contributed by atoms with Crippen molar-refractivity contribution in [3.8, 4) is 5.75 Å². The number of ketones is 1. The van der Waals surface area contributed by atoms with E-state index in [-0.39, 0.29) is 25.0 Å². The number of Topliss-reactive ketones (excluding diaryl/α,β-unsaturated/α-hetero) is 1. The fourth-order valence-corrected chi connectivity index (χ4v) is 5.31.